The first-order valence-electron chi connectivity index (χ1n) is 6.69. The lowest BCUT2D eigenvalue weighted by Gasteiger charge is -2.30. The quantitative estimate of drug-likeness (QED) is 0.705. The summed E-state index contributed by atoms with van der Waals surface area (Å²) in [5.41, 5.74) is 1.46. The first-order valence-corrected chi connectivity index (χ1v) is 6.69. The topological polar surface area (TPSA) is 74.3 Å². The van der Waals surface area contributed by atoms with Crippen LogP contribution in [-0.2, 0) is 11.3 Å². The molecule has 1 aliphatic carbocycles. The van der Waals surface area contributed by atoms with Crippen LogP contribution in [0.15, 0.2) is 12.3 Å². The predicted octanol–water partition coefficient (Wildman–Crippen LogP) is 1.44. The molecule has 19 heavy (non-hydrogen) atoms. The van der Waals surface area contributed by atoms with Crippen molar-refractivity contribution in [1.29, 1.82) is 0 Å². The van der Waals surface area contributed by atoms with Crippen LogP contribution in [0.1, 0.15) is 42.2 Å². The fraction of sp³-hybridized carbons (Fsp3) is 0.643. The molecule has 1 saturated carbocycles. The Bertz CT molecular complexity index is 444. The van der Waals surface area contributed by atoms with Crippen molar-refractivity contribution in [2.45, 2.75) is 38.8 Å². The lowest BCUT2D eigenvalue weighted by Crippen LogP contribution is -2.41. The van der Waals surface area contributed by atoms with Crippen LogP contribution in [0.2, 0.25) is 0 Å². The SMILES string of the molecule is COC(=O)c1cc(CNC2CCCC2(C)CO)c[nH]1. The third-order valence-corrected chi connectivity index (χ3v) is 4.14. The van der Waals surface area contributed by atoms with Gasteiger partial charge in [0.1, 0.15) is 5.69 Å². The van der Waals surface area contributed by atoms with E-state index >= 15 is 0 Å². The number of aliphatic hydroxyl groups excluding tert-OH is 1. The molecular weight excluding hydrogens is 244 g/mol. The summed E-state index contributed by atoms with van der Waals surface area (Å²) < 4.78 is 4.65. The van der Waals surface area contributed by atoms with Crippen molar-refractivity contribution in [3.05, 3.63) is 23.5 Å². The van der Waals surface area contributed by atoms with Gasteiger partial charge in [-0.1, -0.05) is 13.3 Å². The van der Waals surface area contributed by atoms with Gasteiger partial charge in [0.2, 0.25) is 0 Å². The van der Waals surface area contributed by atoms with Crippen molar-refractivity contribution < 1.29 is 14.6 Å². The molecule has 0 spiro atoms. The first kappa shape index (κ1) is 14.1. The van der Waals surface area contributed by atoms with Gasteiger partial charge in [-0.2, -0.15) is 0 Å². The Balaban J connectivity index is 1.92. The summed E-state index contributed by atoms with van der Waals surface area (Å²) in [5, 5.41) is 13.0. The van der Waals surface area contributed by atoms with E-state index in [1.807, 2.05) is 6.20 Å². The monoisotopic (exact) mass is 266 g/mol. The molecular formula is C14H22N2O3. The summed E-state index contributed by atoms with van der Waals surface area (Å²) in [7, 11) is 1.37. The molecule has 1 aliphatic rings. The van der Waals surface area contributed by atoms with Crippen LogP contribution in [0.5, 0.6) is 0 Å². The molecule has 1 aromatic rings. The van der Waals surface area contributed by atoms with Crippen molar-refractivity contribution in [3.8, 4) is 0 Å². The standard InChI is InChI=1S/C14H22N2O3/c1-14(9-17)5-3-4-12(14)16-8-10-6-11(15-7-10)13(18)19-2/h6-7,12,15-17H,3-5,8-9H2,1-2H3. The average molecular weight is 266 g/mol. The summed E-state index contributed by atoms with van der Waals surface area (Å²) in [6, 6.07) is 2.12. The summed E-state index contributed by atoms with van der Waals surface area (Å²) in [5.74, 6) is -0.354. The molecule has 0 aromatic carbocycles. The third kappa shape index (κ3) is 2.98. The van der Waals surface area contributed by atoms with E-state index in [1.54, 1.807) is 6.07 Å². The van der Waals surface area contributed by atoms with Crippen LogP contribution in [-0.4, -0.2) is 35.8 Å². The number of aliphatic hydroxyl groups is 1. The highest BCUT2D eigenvalue weighted by Gasteiger charge is 2.37. The Morgan fingerprint density at radius 1 is 1.68 bits per heavy atom. The van der Waals surface area contributed by atoms with Crippen molar-refractivity contribution in [3.63, 3.8) is 0 Å². The van der Waals surface area contributed by atoms with Gasteiger partial charge < -0.3 is 20.1 Å². The molecule has 5 nitrogen and oxygen atoms in total. The molecule has 0 saturated heterocycles. The zero-order valence-corrected chi connectivity index (χ0v) is 11.5. The maximum Gasteiger partial charge on any atom is 0.354 e. The Labute approximate surface area is 113 Å². The van der Waals surface area contributed by atoms with Crippen LogP contribution in [0.4, 0.5) is 0 Å². The van der Waals surface area contributed by atoms with Gasteiger partial charge in [0, 0.05) is 30.8 Å². The minimum Gasteiger partial charge on any atom is -0.464 e. The van der Waals surface area contributed by atoms with Gasteiger partial charge in [0.15, 0.2) is 0 Å². The number of esters is 1. The zero-order valence-electron chi connectivity index (χ0n) is 11.5. The molecule has 3 N–H and O–H groups in total. The molecule has 0 bridgehead atoms. The van der Waals surface area contributed by atoms with Gasteiger partial charge in [-0.25, -0.2) is 4.79 Å². The second-order valence-electron chi connectivity index (χ2n) is 5.55. The van der Waals surface area contributed by atoms with Crippen LogP contribution in [0.3, 0.4) is 0 Å². The number of carbonyl (C=O) groups excluding carboxylic acids is 1. The van der Waals surface area contributed by atoms with E-state index in [2.05, 4.69) is 22.0 Å². The lowest BCUT2D eigenvalue weighted by atomic mass is 9.86. The van der Waals surface area contributed by atoms with Crippen LogP contribution < -0.4 is 5.32 Å². The van der Waals surface area contributed by atoms with Gasteiger partial charge >= 0.3 is 5.97 Å². The molecule has 0 aliphatic heterocycles. The third-order valence-electron chi connectivity index (χ3n) is 4.14. The predicted molar refractivity (Wildman–Crippen MR) is 71.8 cm³/mol. The van der Waals surface area contributed by atoms with Crippen LogP contribution in [0, 0.1) is 5.41 Å². The Hall–Kier alpha value is -1.33. The number of carbonyl (C=O) groups is 1. The highest BCUT2D eigenvalue weighted by atomic mass is 16.5. The largest absolute Gasteiger partial charge is 0.464 e. The van der Waals surface area contributed by atoms with Crippen LogP contribution in [0.25, 0.3) is 0 Å². The number of hydrogen-bond acceptors (Lipinski definition) is 4. The maximum atomic E-state index is 11.3. The van der Waals surface area contributed by atoms with Gasteiger partial charge in [-0.15, -0.1) is 0 Å². The van der Waals surface area contributed by atoms with Crippen molar-refractivity contribution in [2.24, 2.45) is 5.41 Å². The number of nitrogens with one attached hydrogen (secondary N) is 2. The van der Waals surface area contributed by atoms with Gasteiger partial charge in [0.25, 0.3) is 0 Å². The number of aromatic amines is 1. The van der Waals surface area contributed by atoms with Crippen molar-refractivity contribution >= 4 is 5.97 Å². The smallest absolute Gasteiger partial charge is 0.354 e. The van der Waals surface area contributed by atoms with E-state index in [4.69, 9.17) is 0 Å². The Morgan fingerprint density at radius 2 is 2.47 bits per heavy atom. The molecule has 106 valence electrons. The molecule has 0 radical (unpaired) electrons. The van der Waals surface area contributed by atoms with E-state index in [0.29, 0.717) is 18.3 Å². The molecule has 5 heteroatoms. The normalized spacial score (nSPS) is 26.6. The maximum absolute atomic E-state index is 11.3. The molecule has 0 amide bonds. The number of hydrogen-bond donors (Lipinski definition) is 3. The molecule has 2 unspecified atom stereocenters. The fourth-order valence-electron chi connectivity index (χ4n) is 2.78. The van der Waals surface area contributed by atoms with Crippen LogP contribution >= 0.6 is 0 Å². The highest BCUT2D eigenvalue weighted by molar-refractivity contribution is 5.87. The Morgan fingerprint density at radius 3 is 3.16 bits per heavy atom. The second-order valence-corrected chi connectivity index (χ2v) is 5.55. The highest BCUT2D eigenvalue weighted by Crippen LogP contribution is 2.37. The second kappa shape index (κ2) is 5.75. The van der Waals surface area contributed by atoms with E-state index in [1.165, 1.54) is 7.11 Å². The number of methoxy groups -OCH3 is 1. The van der Waals surface area contributed by atoms with E-state index < -0.39 is 0 Å². The number of aromatic nitrogens is 1. The first-order chi connectivity index (χ1) is 9.09. The number of H-pyrrole nitrogens is 1. The minimum absolute atomic E-state index is 0.0263. The van der Waals surface area contributed by atoms with Crippen molar-refractivity contribution in [1.82, 2.24) is 10.3 Å². The van der Waals surface area contributed by atoms with E-state index in [0.717, 1.165) is 24.8 Å². The van der Waals surface area contributed by atoms with Gasteiger partial charge in [0.05, 0.1) is 7.11 Å². The zero-order chi connectivity index (χ0) is 13.9. The lowest BCUT2D eigenvalue weighted by molar-refractivity contribution is 0.0595. The molecule has 1 aromatic heterocycles. The van der Waals surface area contributed by atoms with Gasteiger partial charge in [-0.05, 0) is 24.5 Å². The fourth-order valence-corrected chi connectivity index (χ4v) is 2.78. The summed E-state index contributed by atoms with van der Waals surface area (Å²) in [4.78, 5) is 14.2. The summed E-state index contributed by atoms with van der Waals surface area (Å²) in [6.45, 7) is 3.02. The van der Waals surface area contributed by atoms with E-state index in [9.17, 15) is 9.90 Å². The summed E-state index contributed by atoms with van der Waals surface area (Å²) >= 11 is 0. The number of ether oxygens (including phenoxy) is 1. The minimum atomic E-state index is -0.354. The van der Waals surface area contributed by atoms with Gasteiger partial charge in [-0.3, -0.25) is 0 Å². The number of rotatable bonds is 5. The average Bonchev–Trinajstić information content (AvgIpc) is 3.03. The summed E-state index contributed by atoms with van der Waals surface area (Å²) in [6.07, 6.45) is 5.10. The van der Waals surface area contributed by atoms with E-state index in [-0.39, 0.29) is 18.0 Å². The molecule has 2 atom stereocenters. The molecule has 1 fully saturated rings. The molecule has 2 rings (SSSR count). The Kier molecular flexibility index (Phi) is 4.27. The van der Waals surface area contributed by atoms with Crippen molar-refractivity contribution in [2.75, 3.05) is 13.7 Å². The molecule has 1 heterocycles.